The first kappa shape index (κ1) is 13.1. The Morgan fingerprint density at radius 3 is 2.84 bits per heavy atom. The maximum Gasteiger partial charge on any atom is 0.129 e. The zero-order valence-electron chi connectivity index (χ0n) is 11.7. The summed E-state index contributed by atoms with van der Waals surface area (Å²) in [4.78, 5) is 2.44. The van der Waals surface area contributed by atoms with E-state index >= 15 is 0 Å². The summed E-state index contributed by atoms with van der Waals surface area (Å²) in [5, 5.41) is 11.0. The molecule has 0 aromatic heterocycles. The van der Waals surface area contributed by atoms with Crippen LogP contribution in [-0.2, 0) is 5.60 Å². The number of hydrogen-bond acceptors (Lipinski definition) is 2. The molecule has 0 amide bonds. The maximum absolute atomic E-state index is 14.3. The van der Waals surface area contributed by atoms with Gasteiger partial charge in [0.05, 0.1) is 5.60 Å². The Hall–Kier alpha value is -0.930. The molecule has 0 spiro atoms. The molecule has 0 bridgehead atoms. The minimum atomic E-state index is -0.979. The molecule has 2 aliphatic heterocycles. The summed E-state index contributed by atoms with van der Waals surface area (Å²) in [5.74, 6) is -0.244. The van der Waals surface area contributed by atoms with Crippen molar-refractivity contribution in [1.29, 1.82) is 0 Å². The van der Waals surface area contributed by atoms with Crippen LogP contribution in [0.2, 0.25) is 0 Å². The predicted molar refractivity (Wildman–Crippen MR) is 73.6 cm³/mol. The van der Waals surface area contributed by atoms with Crippen LogP contribution in [0.15, 0.2) is 12.1 Å². The van der Waals surface area contributed by atoms with Crippen LogP contribution >= 0.6 is 0 Å². The van der Waals surface area contributed by atoms with Crippen LogP contribution in [0.4, 0.5) is 4.39 Å². The molecule has 3 rings (SSSR count). The number of hydrogen-bond donors (Lipinski definition) is 1. The summed E-state index contributed by atoms with van der Waals surface area (Å²) >= 11 is 0. The third kappa shape index (κ3) is 2.19. The van der Waals surface area contributed by atoms with Gasteiger partial charge in [0.2, 0.25) is 0 Å². The van der Waals surface area contributed by atoms with Gasteiger partial charge < -0.3 is 10.0 Å². The van der Waals surface area contributed by atoms with E-state index in [1.54, 1.807) is 6.07 Å². The fraction of sp³-hybridized carbons (Fsp3) is 0.625. The molecule has 0 radical (unpaired) electrons. The minimum absolute atomic E-state index is 0.244. The van der Waals surface area contributed by atoms with Crippen LogP contribution in [0.1, 0.15) is 42.4 Å². The first-order chi connectivity index (χ1) is 8.99. The van der Waals surface area contributed by atoms with Gasteiger partial charge in [-0.05, 0) is 63.3 Å². The summed E-state index contributed by atoms with van der Waals surface area (Å²) in [6, 6.07) is 3.94. The summed E-state index contributed by atoms with van der Waals surface area (Å²) in [6.45, 7) is 5.82. The molecular formula is C16H22FNO. The minimum Gasteiger partial charge on any atom is -0.385 e. The summed E-state index contributed by atoms with van der Waals surface area (Å²) in [7, 11) is 0. The number of benzene rings is 1. The highest BCUT2D eigenvalue weighted by Gasteiger charge is 2.43. The highest BCUT2D eigenvalue weighted by molar-refractivity contribution is 5.37. The number of rotatable bonds is 1. The molecule has 1 N–H and O–H groups in total. The first-order valence-electron chi connectivity index (χ1n) is 7.23. The molecule has 0 aliphatic carbocycles. The molecule has 2 atom stereocenters. The lowest BCUT2D eigenvalue weighted by Crippen LogP contribution is -2.46. The number of piperidine rings is 1. The second-order valence-electron chi connectivity index (χ2n) is 6.26. The Labute approximate surface area is 114 Å². The molecule has 104 valence electrons. The lowest BCUT2D eigenvalue weighted by atomic mass is 9.78. The van der Waals surface area contributed by atoms with Crippen LogP contribution in [0.25, 0.3) is 0 Å². The van der Waals surface area contributed by atoms with Crippen LogP contribution in [0, 0.1) is 19.7 Å². The fourth-order valence-corrected chi connectivity index (χ4v) is 3.97. The van der Waals surface area contributed by atoms with Crippen molar-refractivity contribution in [3.05, 3.63) is 34.6 Å². The lowest BCUT2D eigenvalue weighted by Gasteiger charge is -2.41. The number of aryl methyl sites for hydroxylation is 2. The van der Waals surface area contributed by atoms with Crippen LogP contribution in [0.5, 0.6) is 0 Å². The van der Waals surface area contributed by atoms with E-state index in [2.05, 4.69) is 4.90 Å². The molecule has 2 nitrogen and oxygen atoms in total. The van der Waals surface area contributed by atoms with Crippen LogP contribution < -0.4 is 0 Å². The number of nitrogens with zero attached hydrogens (tertiary/aromatic N) is 1. The topological polar surface area (TPSA) is 23.5 Å². The smallest absolute Gasteiger partial charge is 0.129 e. The fourth-order valence-electron chi connectivity index (χ4n) is 3.97. The molecule has 0 saturated carbocycles. The van der Waals surface area contributed by atoms with Gasteiger partial charge in [0.1, 0.15) is 5.82 Å². The quantitative estimate of drug-likeness (QED) is 0.842. The van der Waals surface area contributed by atoms with Gasteiger partial charge in [0.15, 0.2) is 0 Å². The van der Waals surface area contributed by atoms with Crippen molar-refractivity contribution in [2.45, 2.75) is 51.2 Å². The van der Waals surface area contributed by atoms with E-state index in [0.29, 0.717) is 24.4 Å². The van der Waals surface area contributed by atoms with Crippen molar-refractivity contribution >= 4 is 0 Å². The zero-order chi connectivity index (χ0) is 13.6. The maximum atomic E-state index is 14.3. The van der Waals surface area contributed by atoms with Crippen molar-refractivity contribution in [2.75, 3.05) is 13.1 Å². The van der Waals surface area contributed by atoms with Gasteiger partial charge in [0.25, 0.3) is 0 Å². The van der Waals surface area contributed by atoms with Crippen molar-refractivity contribution in [2.24, 2.45) is 0 Å². The summed E-state index contributed by atoms with van der Waals surface area (Å²) in [5.41, 5.74) is 1.35. The molecule has 2 heterocycles. The normalized spacial score (nSPS) is 31.5. The highest BCUT2D eigenvalue weighted by atomic mass is 19.1. The second-order valence-corrected chi connectivity index (χ2v) is 6.26. The van der Waals surface area contributed by atoms with E-state index in [1.165, 1.54) is 6.42 Å². The predicted octanol–water partition coefficient (Wildman–Crippen LogP) is 2.89. The average molecular weight is 263 g/mol. The first-order valence-corrected chi connectivity index (χ1v) is 7.23. The van der Waals surface area contributed by atoms with E-state index in [-0.39, 0.29) is 5.82 Å². The monoisotopic (exact) mass is 263 g/mol. The van der Waals surface area contributed by atoms with E-state index in [0.717, 1.165) is 30.6 Å². The van der Waals surface area contributed by atoms with E-state index < -0.39 is 5.60 Å². The van der Waals surface area contributed by atoms with Crippen molar-refractivity contribution in [1.82, 2.24) is 4.90 Å². The highest BCUT2D eigenvalue weighted by Crippen LogP contribution is 2.41. The van der Waals surface area contributed by atoms with Crippen molar-refractivity contribution in [3.63, 3.8) is 0 Å². The van der Waals surface area contributed by atoms with Crippen LogP contribution in [-0.4, -0.2) is 29.1 Å². The zero-order valence-corrected chi connectivity index (χ0v) is 11.7. The van der Waals surface area contributed by atoms with Crippen molar-refractivity contribution in [3.8, 4) is 0 Å². The van der Waals surface area contributed by atoms with Crippen LogP contribution in [0.3, 0.4) is 0 Å². The standard InChI is InChI=1S/C16H22FNO/c1-11-8-12(2)15(14(17)9-11)16(19)5-7-18-6-3-4-13(18)10-16/h8-9,13,19H,3-7,10H2,1-2H3. The third-order valence-electron chi connectivity index (χ3n) is 4.78. The van der Waals surface area contributed by atoms with Gasteiger partial charge in [-0.1, -0.05) is 6.07 Å². The Balaban J connectivity index is 1.97. The van der Waals surface area contributed by atoms with Gasteiger partial charge in [-0.2, -0.15) is 0 Å². The van der Waals surface area contributed by atoms with E-state index in [1.807, 2.05) is 19.9 Å². The molecule has 2 saturated heterocycles. The van der Waals surface area contributed by atoms with Gasteiger partial charge in [-0.3, -0.25) is 0 Å². The molecule has 1 aromatic carbocycles. The number of aliphatic hydroxyl groups is 1. The van der Waals surface area contributed by atoms with Gasteiger partial charge >= 0.3 is 0 Å². The van der Waals surface area contributed by atoms with E-state index in [4.69, 9.17) is 0 Å². The van der Waals surface area contributed by atoms with E-state index in [9.17, 15) is 9.50 Å². The average Bonchev–Trinajstić information content (AvgIpc) is 2.73. The molecular weight excluding hydrogens is 241 g/mol. The second kappa shape index (κ2) is 4.57. The Morgan fingerprint density at radius 1 is 1.32 bits per heavy atom. The van der Waals surface area contributed by atoms with Crippen molar-refractivity contribution < 1.29 is 9.50 Å². The molecule has 3 heteroatoms. The molecule has 1 aromatic rings. The Bertz CT molecular complexity index is 479. The molecule has 2 fully saturated rings. The number of halogens is 1. The summed E-state index contributed by atoms with van der Waals surface area (Å²) in [6.07, 6.45) is 3.66. The summed E-state index contributed by atoms with van der Waals surface area (Å²) < 4.78 is 14.3. The SMILES string of the molecule is Cc1cc(C)c(C2(O)CCN3CCCC3C2)c(F)c1. The molecule has 2 unspecified atom stereocenters. The largest absolute Gasteiger partial charge is 0.385 e. The van der Waals surface area contributed by atoms with Gasteiger partial charge in [0, 0.05) is 18.2 Å². The number of fused-ring (bicyclic) bond motifs is 1. The van der Waals surface area contributed by atoms with Gasteiger partial charge in [-0.15, -0.1) is 0 Å². The lowest BCUT2D eigenvalue weighted by molar-refractivity contribution is -0.0437. The third-order valence-corrected chi connectivity index (χ3v) is 4.78. The Morgan fingerprint density at radius 2 is 2.11 bits per heavy atom. The molecule has 2 aliphatic rings. The molecule has 19 heavy (non-hydrogen) atoms. The Kier molecular flexibility index (Phi) is 3.14. The van der Waals surface area contributed by atoms with Gasteiger partial charge in [-0.25, -0.2) is 4.39 Å².